The van der Waals surface area contributed by atoms with Gasteiger partial charge in [-0.2, -0.15) is 5.10 Å². The quantitative estimate of drug-likeness (QED) is 0.473. The predicted molar refractivity (Wildman–Crippen MR) is 42.0 cm³/mol. The van der Waals surface area contributed by atoms with Crippen molar-refractivity contribution in [2.45, 2.75) is 0 Å². The molecule has 4 N–H and O–H groups in total. The first-order valence-electron chi connectivity index (χ1n) is 2.72. The zero-order chi connectivity index (χ0) is 8.43. The van der Waals surface area contributed by atoms with Gasteiger partial charge in [0.2, 0.25) is 5.49 Å². The van der Waals surface area contributed by atoms with Gasteiger partial charge in [-0.05, 0) is 22.0 Å². The maximum atomic E-state index is 12.8. The SMILES string of the molecule is N/N=c1/c(F)cc(Br)cn1N. The van der Waals surface area contributed by atoms with E-state index in [-0.39, 0.29) is 5.49 Å². The van der Waals surface area contributed by atoms with E-state index in [0.717, 1.165) is 4.68 Å². The Labute approximate surface area is 70.4 Å². The monoisotopic (exact) mass is 220 g/mol. The van der Waals surface area contributed by atoms with Gasteiger partial charge in [0, 0.05) is 10.7 Å². The van der Waals surface area contributed by atoms with E-state index in [1.807, 2.05) is 0 Å². The lowest BCUT2D eigenvalue weighted by Gasteiger charge is -1.99. The molecular weight excluding hydrogens is 215 g/mol. The standard InChI is InChI=1S/C5H6BrFN4/c6-3-1-4(7)5(10-8)11(9)2-3/h1-2H,8-9H2/b10-5-. The largest absolute Gasteiger partial charge is 0.338 e. The lowest BCUT2D eigenvalue weighted by molar-refractivity contribution is 0.583. The molecular formula is C5H6BrFN4. The third-order valence-electron chi connectivity index (χ3n) is 1.11. The molecule has 0 aromatic carbocycles. The van der Waals surface area contributed by atoms with Crippen LogP contribution in [0.2, 0.25) is 0 Å². The van der Waals surface area contributed by atoms with Gasteiger partial charge in [-0.1, -0.05) is 0 Å². The highest BCUT2D eigenvalue weighted by atomic mass is 79.9. The second kappa shape index (κ2) is 2.91. The summed E-state index contributed by atoms with van der Waals surface area (Å²) in [5.74, 6) is 9.61. The molecule has 0 radical (unpaired) electrons. The lowest BCUT2D eigenvalue weighted by Crippen LogP contribution is -2.31. The Morgan fingerprint density at radius 2 is 2.27 bits per heavy atom. The highest BCUT2D eigenvalue weighted by Crippen LogP contribution is 2.05. The molecule has 0 aliphatic rings. The summed E-state index contributed by atoms with van der Waals surface area (Å²) >= 11 is 3.05. The summed E-state index contributed by atoms with van der Waals surface area (Å²) < 4.78 is 14.3. The van der Waals surface area contributed by atoms with Crippen LogP contribution in [0.1, 0.15) is 0 Å². The van der Waals surface area contributed by atoms with Gasteiger partial charge in [0.05, 0.1) is 0 Å². The van der Waals surface area contributed by atoms with Crippen LogP contribution in [0, 0.1) is 5.82 Å². The molecule has 6 heteroatoms. The van der Waals surface area contributed by atoms with Crippen molar-refractivity contribution < 1.29 is 4.39 Å². The Bertz CT molecular complexity index is 305. The molecule has 1 heterocycles. The Hall–Kier alpha value is -1.04. The molecule has 0 aliphatic carbocycles. The van der Waals surface area contributed by atoms with Gasteiger partial charge in [0.15, 0.2) is 5.82 Å². The van der Waals surface area contributed by atoms with Crippen LogP contribution in [0.3, 0.4) is 0 Å². The Morgan fingerprint density at radius 3 is 2.73 bits per heavy atom. The number of aromatic nitrogens is 1. The molecule has 1 aromatic rings. The minimum absolute atomic E-state index is 0.0896. The van der Waals surface area contributed by atoms with Crippen LogP contribution in [0.4, 0.5) is 4.39 Å². The fraction of sp³-hybridized carbons (Fsp3) is 0. The minimum Gasteiger partial charge on any atom is -0.338 e. The maximum Gasteiger partial charge on any atom is 0.206 e. The number of rotatable bonds is 0. The molecule has 11 heavy (non-hydrogen) atoms. The van der Waals surface area contributed by atoms with Crippen LogP contribution in [-0.4, -0.2) is 4.68 Å². The van der Waals surface area contributed by atoms with Gasteiger partial charge in [0.25, 0.3) is 0 Å². The summed E-state index contributed by atoms with van der Waals surface area (Å²) in [6.07, 6.45) is 1.45. The minimum atomic E-state index is -0.565. The van der Waals surface area contributed by atoms with Crippen LogP contribution >= 0.6 is 15.9 Å². The van der Waals surface area contributed by atoms with Gasteiger partial charge in [-0.15, -0.1) is 0 Å². The van der Waals surface area contributed by atoms with Gasteiger partial charge in [-0.25, -0.2) is 9.07 Å². The third kappa shape index (κ3) is 1.51. The van der Waals surface area contributed by atoms with Crippen molar-refractivity contribution in [2.24, 2.45) is 10.9 Å². The lowest BCUT2D eigenvalue weighted by atomic mass is 10.5. The molecule has 0 atom stereocenters. The van der Waals surface area contributed by atoms with Crippen molar-refractivity contribution in [1.82, 2.24) is 4.68 Å². The molecule has 0 saturated carbocycles. The van der Waals surface area contributed by atoms with Crippen LogP contribution in [0.5, 0.6) is 0 Å². The highest BCUT2D eigenvalue weighted by Gasteiger charge is 1.99. The molecule has 4 nitrogen and oxygen atoms in total. The molecule has 0 bridgehead atoms. The van der Waals surface area contributed by atoms with Crippen LogP contribution in [-0.2, 0) is 0 Å². The van der Waals surface area contributed by atoms with Gasteiger partial charge >= 0.3 is 0 Å². The fourth-order valence-electron chi connectivity index (χ4n) is 0.669. The first-order valence-corrected chi connectivity index (χ1v) is 3.51. The molecule has 0 spiro atoms. The molecule has 0 amide bonds. The van der Waals surface area contributed by atoms with Crippen molar-refractivity contribution in [2.75, 3.05) is 5.84 Å². The van der Waals surface area contributed by atoms with Crippen molar-refractivity contribution in [3.8, 4) is 0 Å². The zero-order valence-electron chi connectivity index (χ0n) is 5.46. The van der Waals surface area contributed by atoms with Gasteiger partial charge in [-0.3, -0.25) is 0 Å². The number of nitrogen functional groups attached to an aromatic ring is 1. The molecule has 0 unspecified atom stereocenters. The summed E-state index contributed by atoms with van der Waals surface area (Å²) in [6.45, 7) is 0. The van der Waals surface area contributed by atoms with E-state index in [9.17, 15) is 4.39 Å². The second-order valence-corrected chi connectivity index (χ2v) is 2.78. The summed E-state index contributed by atoms with van der Waals surface area (Å²) in [4.78, 5) is 0. The average Bonchev–Trinajstić information content (AvgIpc) is 1.85. The Balaban J connectivity index is 3.50. The van der Waals surface area contributed by atoms with Crippen molar-refractivity contribution in [1.29, 1.82) is 0 Å². The maximum absolute atomic E-state index is 12.8. The van der Waals surface area contributed by atoms with E-state index in [0.29, 0.717) is 4.47 Å². The molecule has 1 aromatic heterocycles. The van der Waals surface area contributed by atoms with Crippen LogP contribution < -0.4 is 17.2 Å². The normalized spacial score (nSPS) is 12.0. The van der Waals surface area contributed by atoms with E-state index >= 15 is 0 Å². The molecule has 1 rings (SSSR count). The topological polar surface area (TPSA) is 69.3 Å². The average molecular weight is 221 g/mol. The zero-order valence-corrected chi connectivity index (χ0v) is 7.05. The van der Waals surface area contributed by atoms with E-state index in [1.165, 1.54) is 12.3 Å². The van der Waals surface area contributed by atoms with E-state index in [4.69, 9.17) is 11.7 Å². The van der Waals surface area contributed by atoms with Crippen molar-refractivity contribution in [3.63, 3.8) is 0 Å². The van der Waals surface area contributed by atoms with Crippen molar-refractivity contribution in [3.05, 3.63) is 28.0 Å². The smallest absolute Gasteiger partial charge is 0.206 e. The number of nitrogens with zero attached hydrogens (tertiary/aromatic N) is 2. The Morgan fingerprint density at radius 1 is 1.64 bits per heavy atom. The third-order valence-corrected chi connectivity index (χ3v) is 1.54. The van der Waals surface area contributed by atoms with Gasteiger partial charge in [0.1, 0.15) is 0 Å². The number of hydrogen-bond acceptors (Lipinski definition) is 3. The summed E-state index contributed by atoms with van der Waals surface area (Å²) in [5.41, 5.74) is -0.0896. The van der Waals surface area contributed by atoms with Crippen LogP contribution in [0.15, 0.2) is 21.8 Å². The van der Waals surface area contributed by atoms with Crippen LogP contribution in [0.25, 0.3) is 0 Å². The number of pyridine rings is 1. The molecule has 60 valence electrons. The van der Waals surface area contributed by atoms with Gasteiger partial charge < -0.3 is 11.7 Å². The number of nitrogens with two attached hydrogens (primary N) is 2. The number of hydrogen-bond donors (Lipinski definition) is 2. The first kappa shape index (κ1) is 8.06. The predicted octanol–water partition coefficient (Wildman–Crippen LogP) is -0.122. The summed E-state index contributed by atoms with van der Waals surface area (Å²) in [7, 11) is 0. The second-order valence-electron chi connectivity index (χ2n) is 1.87. The molecule has 0 fully saturated rings. The fourth-order valence-corrected chi connectivity index (χ4v) is 1.09. The summed E-state index contributed by atoms with van der Waals surface area (Å²) in [5, 5.41) is 3.15. The molecule has 0 aliphatic heterocycles. The number of halogens is 2. The van der Waals surface area contributed by atoms with E-state index < -0.39 is 5.82 Å². The molecule has 0 saturated heterocycles. The van der Waals surface area contributed by atoms with Crippen molar-refractivity contribution >= 4 is 15.9 Å². The Kier molecular flexibility index (Phi) is 2.13. The summed E-state index contributed by atoms with van der Waals surface area (Å²) in [6, 6.07) is 1.23. The highest BCUT2D eigenvalue weighted by molar-refractivity contribution is 9.10. The van der Waals surface area contributed by atoms with E-state index in [1.54, 1.807) is 0 Å². The first-order chi connectivity index (χ1) is 5.15. The van der Waals surface area contributed by atoms with E-state index in [2.05, 4.69) is 21.0 Å².